The zero-order valence-corrected chi connectivity index (χ0v) is 27.4. The lowest BCUT2D eigenvalue weighted by atomic mass is 9.87. The van der Waals surface area contributed by atoms with Crippen molar-refractivity contribution in [2.45, 2.75) is 207 Å². The highest BCUT2D eigenvalue weighted by Gasteiger charge is 2.12. The van der Waals surface area contributed by atoms with Gasteiger partial charge in [-0.15, -0.1) is 0 Å². The normalized spacial score (nSPS) is 11.5. The molecule has 0 amide bonds. The predicted molar refractivity (Wildman–Crippen MR) is 179 cm³/mol. The summed E-state index contributed by atoms with van der Waals surface area (Å²) in [5, 5.41) is 0. The summed E-state index contributed by atoms with van der Waals surface area (Å²) in [7, 11) is 0. The van der Waals surface area contributed by atoms with Gasteiger partial charge in [0.2, 0.25) is 0 Å². The number of hydrogen-bond donors (Lipinski definition) is 0. The van der Waals surface area contributed by atoms with E-state index in [0.717, 1.165) is 12.8 Å². The Morgan fingerprint density at radius 2 is 0.692 bits per heavy atom. The summed E-state index contributed by atoms with van der Waals surface area (Å²) in [6.45, 7) is 11.1. The van der Waals surface area contributed by atoms with Crippen molar-refractivity contribution in [1.82, 2.24) is 0 Å². The Hall–Kier alpha value is -0.780. The highest BCUT2D eigenvalue weighted by Crippen LogP contribution is 2.26. The summed E-state index contributed by atoms with van der Waals surface area (Å²) in [5.41, 5.74) is 6.75. The van der Waals surface area contributed by atoms with Gasteiger partial charge in [0, 0.05) is 0 Å². The maximum atomic E-state index is 4.19. The summed E-state index contributed by atoms with van der Waals surface area (Å²) in [6.07, 6.45) is 40.1. The van der Waals surface area contributed by atoms with E-state index in [1.54, 1.807) is 22.3 Å². The van der Waals surface area contributed by atoms with E-state index < -0.39 is 0 Å². The Morgan fingerprint density at radius 3 is 1.03 bits per heavy atom. The minimum atomic E-state index is 1.02. The van der Waals surface area contributed by atoms with Crippen molar-refractivity contribution in [1.29, 1.82) is 0 Å². The molecular weight excluding hydrogens is 468 g/mol. The molecule has 0 heterocycles. The van der Waals surface area contributed by atoms with Gasteiger partial charge in [0.25, 0.3) is 0 Å². The fourth-order valence-electron chi connectivity index (χ4n) is 6.32. The molecule has 0 bridgehead atoms. The minimum Gasteiger partial charge on any atom is -0.0654 e. The average molecular weight is 540 g/mol. The van der Waals surface area contributed by atoms with E-state index in [4.69, 9.17) is 0 Å². The third-order valence-electron chi connectivity index (χ3n) is 8.84. The highest BCUT2D eigenvalue weighted by atomic mass is 14.2. The van der Waals surface area contributed by atoms with Crippen LogP contribution in [0.15, 0.2) is 12.1 Å². The molecule has 227 valence electrons. The molecule has 1 aromatic rings. The lowest BCUT2D eigenvalue weighted by Gasteiger charge is -2.18. The van der Waals surface area contributed by atoms with Crippen LogP contribution in [0, 0.1) is 6.92 Å². The van der Waals surface area contributed by atoms with Gasteiger partial charge < -0.3 is 0 Å². The van der Waals surface area contributed by atoms with Gasteiger partial charge in [0.15, 0.2) is 0 Å². The Balaban J connectivity index is 2.71. The van der Waals surface area contributed by atoms with Gasteiger partial charge in [-0.1, -0.05) is 175 Å². The number of unbranched alkanes of at least 4 members (excludes halogenated alkanes) is 21. The van der Waals surface area contributed by atoms with Crippen molar-refractivity contribution in [2.75, 3.05) is 0 Å². The Morgan fingerprint density at radius 1 is 0.385 bits per heavy atom. The smallest absolute Gasteiger partial charge is 0.0273 e. The van der Waals surface area contributed by atoms with Gasteiger partial charge in [-0.3, -0.25) is 0 Å². The van der Waals surface area contributed by atoms with Gasteiger partial charge >= 0.3 is 0 Å². The molecule has 0 saturated heterocycles. The van der Waals surface area contributed by atoms with Crippen molar-refractivity contribution < 1.29 is 0 Å². The van der Waals surface area contributed by atoms with Gasteiger partial charge in [0.1, 0.15) is 0 Å². The zero-order valence-electron chi connectivity index (χ0n) is 27.4. The van der Waals surface area contributed by atoms with Gasteiger partial charge in [-0.05, 0) is 73.6 Å². The van der Waals surface area contributed by atoms with E-state index in [1.165, 1.54) is 173 Å². The molecular formula is C39H71. The van der Waals surface area contributed by atoms with Crippen LogP contribution in [-0.2, 0) is 25.7 Å². The second-order valence-corrected chi connectivity index (χ2v) is 12.7. The molecule has 0 aliphatic carbocycles. The SMILES string of the molecule is [CH2]CCc1cc(CCCCCCCCCC)c(CCCCCCCCCC)c(CCCCCCCCCC)c1. The first kappa shape index (κ1) is 36.2. The van der Waals surface area contributed by atoms with Gasteiger partial charge in [-0.25, -0.2) is 0 Å². The van der Waals surface area contributed by atoms with Crippen LogP contribution in [0.1, 0.15) is 204 Å². The molecule has 39 heavy (non-hydrogen) atoms. The molecule has 0 heteroatoms. The second kappa shape index (κ2) is 27.4. The molecule has 0 fully saturated rings. The first-order chi connectivity index (χ1) is 19.3. The number of rotatable bonds is 29. The van der Waals surface area contributed by atoms with Crippen LogP contribution in [0.2, 0.25) is 0 Å². The van der Waals surface area contributed by atoms with E-state index in [2.05, 4.69) is 39.8 Å². The predicted octanol–water partition coefficient (Wildman–Crippen LogP) is 13.5. The molecule has 0 spiro atoms. The van der Waals surface area contributed by atoms with Crippen LogP contribution in [0.4, 0.5) is 0 Å². The Bertz CT molecular complexity index is 600. The maximum absolute atomic E-state index is 4.19. The Kier molecular flexibility index (Phi) is 25.5. The van der Waals surface area contributed by atoms with E-state index in [0.29, 0.717) is 0 Å². The van der Waals surface area contributed by atoms with Crippen LogP contribution in [-0.4, -0.2) is 0 Å². The van der Waals surface area contributed by atoms with Crippen molar-refractivity contribution in [2.24, 2.45) is 0 Å². The molecule has 0 saturated carbocycles. The lowest BCUT2D eigenvalue weighted by molar-refractivity contribution is 0.567. The van der Waals surface area contributed by atoms with Crippen molar-refractivity contribution in [3.8, 4) is 0 Å². The largest absolute Gasteiger partial charge is 0.0654 e. The first-order valence-corrected chi connectivity index (χ1v) is 18.2. The van der Waals surface area contributed by atoms with Crippen LogP contribution < -0.4 is 0 Å². The van der Waals surface area contributed by atoms with Crippen molar-refractivity contribution >= 4 is 0 Å². The van der Waals surface area contributed by atoms with Crippen molar-refractivity contribution in [3.05, 3.63) is 41.3 Å². The van der Waals surface area contributed by atoms with Gasteiger partial charge in [-0.2, -0.15) is 0 Å². The Labute approximate surface area is 247 Å². The molecule has 1 rings (SSSR count). The zero-order chi connectivity index (χ0) is 28.2. The second-order valence-electron chi connectivity index (χ2n) is 12.7. The third-order valence-corrected chi connectivity index (χ3v) is 8.84. The third kappa shape index (κ3) is 19.9. The summed E-state index contributed by atoms with van der Waals surface area (Å²) in [5.74, 6) is 0. The molecule has 1 radical (unpaired) electrons. The van der Waals surface area contributed by atoms with Crippen LogP contribution in [0.3, 0.4) is 0 Å². The van der Waals surface area contributed by atoms with Gasteiger partial charge in [0.05, 0.1) is 0 Å². The molecule has 0 aromatic heterocycles. The average Bonchev–Trinajstić information content (AvgIpc) is 2.94. The van der Waals surface area contributed by atoms with E-state index >= 15 is 0 Å². The number of hydrogen-bond acceptors (Lipinski definition) is 0. The monoisotopic (exact) mass is 540 g/mol. The fourth-order valence-corrected chi connectivity index (χ4v) is 6.32. The molecule has 0 atom stereocenters. The summed E-state index contributed by atoms with van der Waals surface area (Å²) >= 11 is 0. The molecule has 0 N–H and O–H groups in total. The minimum absolute atomic E-state index is 1.02. The summed E-state index contributed by atoms with van der Waals surface area (Å²) < 4.78 is 0. The topological polar surface area (TPSA) is 0 Å². The lowest BCUT2D eigenvalue weighted by Crippen LogP contribution is -2.04. The number of benzene rings is 1. The fraction of sp³-hybridized carbons (Fsp3) is 0.821. The quantitative estimate of drug-likeness (QED) is 0.0888. The first-order valence-electron chi connectivity index (χ1n) is 18.2. The summed E-state index contributed by atoms with van der Waals surface area (Å²) in [4.78, 5) is 0. The summed E-state index contributed by atoms with van der Waals surface area (Å²) in [6, 6.07) is 5.20. The number of aryl methyl sites for hydroxylation is 3. The molecule has 0 unspecified atom stereocenters. The standard InChI is InChI=1S/C39H71/c1-5-9-12-15-18-21-24-27-31-37-34-36(30-8-4)35-38(32-28-25-22-19-16-13-10-6-2)39(37)33-29-26-23-20-17-14-11-7-3/h34-35H,4-33H2,1-3H3. The molecule has 0 aliphatic rings. The molecule has 0 aliphatic heterocycles. The van der Waals surface area contributed by atoms with E-state index in [9.17, 15) is 0 Å². The van der Waals surface area contributed by atoms with Crippen LogP contribution >= 0.6 is 0 Å². The van der Waals surface area contributed by atoms with Crippen molar-refractivity contribution in [3.63, 3.8) is 0 Å². The molecule has 1 aromatic carbocycles. The highest BCUT2D eigenvalue weighted by molar-refractivity contribution is 5.40. The molecule has 0 nitrogen and oxygen atoms in total. The van der Waals surface area contributed by atoms with E-state index in [1.807, 2.05) is 0 Å². The van der Waals surface area contributed by atoms with Crippen LogP contribution in [0.25, 0.3) is 0 Å². The van der Waals surface area contributed by atoms with Crippen LogP contribution in [0.5, 0.6) is 0 Å². The van der Waals surface area contributed by atoms with E-state index in [-0.39, 0.29) is 0 Å². The maximum Gasteiger partial charge on any atom is -0.0273 e.